The van der Waals surface area contributed by atoms with Crippen molar-refractivity contribution in [2.24, 2.45) is 0 Å². The van der Waals surface area contributed by atoms with E-state index in [1.807, 2.05) is 24.3 Å². The zero-order valence-electron chi connectivity index (χ0n) is 7.98. The van der Waals surface area contributed by atoms with Gasteiger partial charge in [0.15, 0.2) is 0 Å². The Hall–Kier alpha value is -0.891. The van der Waals surface area contributed by atoms with Crippen LogP contribution in [0.1, 0.15) is 0 Å². The van der Waals surface area contributed by atoms with Crippen LogP contribution in [0.25, 0.3) is 10.9 Å². The van der Waals surface area contributed by atoms with Crippen molar-refractivity contribution in [1.29, 1.82) is 0 Å². The number of benzene rings is 1. The summed E-state index contributed by atoms with van der Waals surface area (Å²) >= 11 is 6.27. The molecular formula is C11H9ClN2Se. The first kappa shape index (κ1) is 10.6. The maximum atomic E-state index is 5.96. The predicted octanol–water partition coefficient (Wildman–Crippen LogP) is 2.22. The van der Waals surface area contributed by atoms with E-state index < -0.39 is 0 Å². The third-order valence-electron chi connectivity index (χ3n) is 1.90. The minimum absolute atomic E-state index is 0.313. The van der Waals surface area contributed by atoms with E-state index in [1.54, 1.807) is 6.33 Å². The van der Waals surface area contributed by atoms with Crippen molar-refractivity contribution in [2.75, 3.05) is 0 Å². The van der Waals surface area contributed by atoms with Gasteiger partial charge in [-0.2, -0.15) is 0 Å². The van der Waals surface area contributed by atoms with E-state index in [0.717, 1.165) is 25.8 Å². The molecule has 2 rings (SSSR count). The number of rotatable bonds is 3. The van der Waals surface area contributed by atoms with Crippen LogP contribution in [0.3, 0.4) is 0 Å². The van der Waals surface area contributed by atoms with Crippen LogP contribution in [0.4, 0.5) is 0 Å². The molecule has 4 heteroatoms. The number of allylic oxidation sites excluding steroid dienone is 1. The summed E-state index contributed by atoms with van der Waals surface area (Å²) in [4.78, 5) is 8.50. The number of aromatic nitrogens is 2. The summed E-state index contributed by atoms with van der Waals surface area (Å²) < 4.78 is 1.09. The van der Waals surface area contributed by atoms with Crippen LogP contribution in [0.15, 0.2) is 37.2 Å². The van der Waals surface area contributed by atoms with E-state index in [-0.39, 0.29) is 0 Å². The number of halogens is 1. The Balaban J connectivity index is 2.52. The topological polar surface area (TPSA) is 25.8 Å². The molecular weight excluding hydrogens is 275 g/mol. The molecule has 0 saturated heterocycles. The van der Waals surface area contributed by atoms with Gasteiger partial charge in [0.05, 0.1) is 0 Å². The quantitative estimate of drug-likeness (QED) is 0.638. The van der Waals surface area contributed by atoms with E-state index in [2.05, 4.69) is 16.5 Å². The van der Waals surface area contributed by atoms with Crippen LogP contribution in [-0.2, 0) is 0 Å². The van der Waals surface area contributed by atoms with Crippen LogP contribution in [0.5, 0.6) is 0 Å². The molecule has 76 valence electrons. The van der Waals surface area contributed by atoms with Gasteiger partial charge in [-0.15, -0.1) is 0 Å². The van der Waals surface area contributed by atoms with Crippen LogP contribution in [0.2, 0.25) is 10.3 Å². The maximum absolute atomic E-state index is 5.96. The van der Waals surface area contributed by atoms with Crippen molar-refractivity contribution in [3.63, 3.8) is 0 Å². The zero-order valence-corrected chi connectivity index (χ0v) is 10.5. The van der Waals surface area contributed by atoms with E-state index in [4.69, 9.17) is 11.6 Å². The van der Waals surface area contributed by atoms with E-state index in [0.29, 0.717) is 15.0 Å². The third kappa shape index (κ3) is 2.37. The van der Waals surface area contributed by atoms with Crippen molar-refractivity contribution in [1.82, 2.24) is 9.97 Å². The Labute approximate surface area is 99.5 Å². The summed E-state index contributed by atoms with van der Waals surface area (Å²) in [6.45, 7) is 3.72. The molecule has 1 heterocycles. The summed E-state index contributed by atoms with van der Waals surface area (Å²) in [5, 5.41) is 2.77. The number of fused-ring (bicyclic) bond motifs is 1. The molecule has 0 radical (unpaired) electrons. The normalized spacial score (nSPS) is 10.5. The van der Waals surface area contributed by atoms with Crippen LogP contribution >= 0.6 is 11.6 Å². The summed E-state index contributed by atoms with van der Waals surface area (Å²) in [7, 11) is 0. The molecule has 0 aliphatic heterocycles. The van der Waals surface area contributed by atoms with Gasteiger partial charge in [0, 0.05) is 0 Å². The van der Waals surface area contributed by atoms with Crippen LogP contribution in [-0.4, -0.2) is 24.9 Å². The second-order valence-corrected chi connectivity index (χ2v) is 5.49. The summed E-state index contributed by atoms with van der Waals surface area (Å²) in [5.74, 6) is 0. The summed E-state index contributed by atoms with van der Waals surface area (Å²) in [6, 6.07) is 5.70. The first-order valence-electron chi connectivity index (χ1n) is 4.45. The van der Waals surface area contributed by atoms with Gasteiger partial charge in [0.25, 0.3) is 0 Å². The van der Waals surface area contributed by atoms with Gasteiger partial charge < -0.3 is 0 Å². The van der Waals surface area contributed by atoms with Crippen molar-refractivity contribution >= 4 is 42.1 Å². The molecule has 0 atom stereocenters. The second kappa shape index (κ2) is 4.75. The molecule has 2 aromatic rings. The Morgan fingerprint density at radius 2 is 2.27 bits per heavy atom. The SMILES string of the molecule is C=CC[Se]c1ncnc2ccc(Cl)cc12. The Morgan fingerprint density at radius 3 is 3.07 bits per heavy atom. The van der Waals surface area contributed by atoms with Crippen LogP contribution < -0.4 is 4.59 Å². The Morgan fingerprint density at radius 1 is 1.40 bits per heavy atom. The molecule has 0 aliphatic carbocycles. The average Bonchev–Trinajstić information content (AvgIpc) is 2.26. The fourth-order valence-electron chi connectivity index (χ4n) is 1.26. The molecule has 15 heavy (non-hydrogen) atoms. The summed E-state index contributed by atoms with van der Waals surface area (Å²) in [6.07, 6.45) is 3.52. The number of hydrogen-bond acceptors (Lipinski definition) is 2. The fourth-order valence-corrected chi connectivity index (χ4v) is 2.93. The van der Waals surface area contributed by atoms with Gasteiger partial charge in [0.2, 0.25) is 0 Å². The standard InChI is InChI=1S/C11H9ClN2Se/c1-2-5-15-11-9-6-8(12)3-4-10(9)13-7-14-11/h2-4,6-7H,1,5H2. The minimum atomic E-state index is 0.313. The first-order chi connectivity index (χ1) is 7.31. The van der Waals surface area contributed by atoms with Crippen LogP contribution in [0, 0.1) is 0 Å². The van der Waals surface area contributed by atoms with Gasteiger partial charge in [-0.25, -0.2) is 0 Å². The molecule has 0 aliphatic rings. The van der Waals surface area contributed by atoms with Crippen molar-refractivity contribution in [3.8, 4) is 0 Å². The number of nitrogens with zero attached hydrogens (tertiary/aromatic N) is 2. The van der Waals surface area contributed by atoms with Gasteiger partial charge >= 0.3 is 99.5 Å². The second-order valence-electron chi connectivity index (χ2n) is 2.94. The average molecular weight is 284 g/mol. The fraction of sp³-hybridized carbons (Fsp3) is 0.0909. The van der Waals surface area contributed by atoms with Crippen molar-refractivity contribution in [2.45, 2.75) is 5.32 Å². The molecule has 1 aromatic heterocycles. The molecule has 0 amide bonds. The molecule has 0 unspecified atom stereocenters. The van der Waals surface area contributed by atoms with Crippen molar-refractivity contribution in [3.05, 3.63) is 42.2 Å². The molecule has 0 N–H and O–H groups in total. The Kier molecular flexibility index (Phi) is 3.37. The monoisotopic (exact) mass is 284 g/mol. The molecule has 1 aromatic carbocycles. The van der Waals surface area contributed by atoms with Gasteiger partial charge in [0.1, 0.15) is 0 Å². The van der Waals surface area contributed by atoms with E-state index >= 15 is 0 Å². The van der Waals surface area contributed by atoms with Crippen molar-refractivity contribution < 1.29 is 0 Å². The van der Waals surface area contributed by atoms with Gasteiger partial charge in [-0.05, 0) is 0 Å². The predicted molar refractivity (Wildman–Crippen MR) is 64.9 cm³/mol. The third-order valence-corrected chi connectivity index (χ3v) is 4.23. The molecule has 0 bridgehead atoms. The van der Waals surface area contributed by atoms with Gasteiger partial charge in [-0.1, -0.05) is 0 Å². The van der Waals surface area contributed by atoms with Gasteiger partial charge in [-0.3, -0.25) is 0 Å². The molecule has 0 spiro atoms. The molecule has 0 fully saturated rings. The summed E-state index contributed by atoms with van der Waals surface area (Å²) in [5.41, 5.74) is 0.954. The van der Waals surface area contributed by atoms with E-state index in [1.165, 1.54) is 0 Å². The Bertz CT molecular complexity index is 499. The zero-order chi connectivity index (χ0) is 10.7. The van der Waals surface area contributed by atoms with E-state index in [9.17, 15) is 0 Å². The molecule has 0 saturated carbocycles. The number of hydrogen-bond donors (Lipinski definition) is 0. The first-order valence-corrected chi connectivity index (χ1v) is 6.90. The molecule has 2 nitrogen and oxygen atoms in total.